The summed E-state index contributed by atoms with van der Waals surface area (Å²) in [4.78, 5) is 16.9. The number of benzene rings is 1. The Hall–Kier alpha value is -2.57. The van der Waals surface area contributed by atoms with Crippen LogP contribution in [0.3, 0.4) is 0 Å². The second-order valence-electron chi connectivity index (χ2n) is 7.06. The predicted octanol–water partition coefficient (Wildman–Crippen LogP) is 2.22. The van der Waals surface area contributed by atoms with Crippen molar-refractivity contribution in [3.05, 3.63) is 47.8 Å². The number of rotatable bonds is 2. The van der Waals surface area contributed by atoms with Gasteiger partial charge in [0.15, 0.2) is 0 Å². The Kier molecular flexibility index (Phi) is 4.43. The summed E-state index contributed by atoms with van der Waals surface area (Å²) in [7, 11) is 0. The van der Waals surface area contributed by atoms with Gasteiger partial charge in [-0.1, -0.05) is 18.2 Å². The summed E-state index contributed by atoms with van der Waals surface area (Å²) in [5, 5.41) is 4.63. The molecular weight excluding hydrogens is 338 g/mol. The Morgan fingerprint density at radius 2 is 1.85 bits per heavy atom. The maximum absolute atomic E-state index is 5.50. The summed E-state index contributed by atoms with van der Waals surface area (Å²) in [6, 6.07) is 10.4. The lowest BCUT2D eigenvalue weighted by Crippen LogP contribution is -2.37. The van der Waals surface area contributed by atoms with Crippen molar-refractivity contribution in [2.45, 2.75) is 12.8 Å². The summed E-state index contributed by atoms with van der Waals surface area (Å²) in [6.07, 6.45) is 3.83. The minimum Gasteiger partial charge on any atom is -0.378 e. The Morgan fingerprint density at radius 3 is 2.78 bits per heavy atom. The standard InChI is InChI=1S/C21H23N5O/c1-2-4-18-15(3-1)13-16(14-23-18)20-17-5-7-22-8-6-19(17)24-21(25-20)26-9-11-27-12-10-26/h1-4,13-14,22H,5-12H2. The first-order valence-electron chi connectivity index (χ1n) is 9.67. The molecule has 1 N–H and O–H groups in total. The third-order valence-corrected chi connectivity index (χ3v) is 5.33. The Balaban J connectivity index is 1.65. The molecule has 0 radical (unpaired) electrons. The number of hydrogen-bond acceptors (Lipinski definition) is 6. The third kappa shape index (κ3) is 3.26. The molecule has 2 aromatic heterocycles. The molecule has 0 amide bonds. The van der Waals surface area contributed by atoms with Gasteiger partial charge in [-0.2, -0.15) is 0 Å². The van der Waals surface area contributed by atoms with Crippen LogP contribution in [0.1, 0.15) is 11.3 Å². The second-order valence-corrected chi connectivity index (χ2v) is 7.06. The van der Waals surface area contributed by atoms with Gasteiger partial charge in [0.05, 0.1) is 30.1 Å². The van der Waals surface area contributed by atoms with Crippen molar-refractivity contribution >= 4 is 16.9 Å². The highest BCUT2D eigenvalue weighted by atomic mass is 16.5. The molecule has 6 nitrogen and oxygen atoms in total. The lowest BCUT2D eigenvalue weighted by Gasteiger charge is -2.28. The van der Waals surface area contributed by atoms with E-state index in [0.717, 1.165) is 80.3 Å². The van der Waals surface area contributed by atoms with Gasteiger partial charge in [0.2, 0.25) is 5.95 Å². The van der Waals surface area contributed by atoms with Crippen LogP contribution in [0.25, 0.3) is 22.2 Å². The van der Waals surface area contributed by atoms with Crippen molar-refractivity contribution in [2.24, 2.45) is 0 Å². The maximum Gasteiger partial charge on any atom is 0.226 e. The van der Waals surface area contributed by atoms with E-state index in [1.165, 1.54) is 11.3 Å². The molecule has 0 atom stereocenters. The molecule has 0 spiro atoms. The van der Waals surface area contributed by atoms with Gasteiger partial charge in [-0.25, -0.2) is 9.97 Å². The first-order chi connectivity index (χ1) is 13.4. The highest BCUT2D eigenvalue weighted by Gasteiger charge is 2.22. The van der Waals surface area contributed by atoms with Crippen molar-refractivity contribution in [3.8, 4) is 11.3 Å². The fraction of sp³-hybridized carbons (Fsp3) is 0.381. The predicted molar refractivity (Wildman–Crippen MR) is 106 cm³/mol. The quantitative estimate of drug-likeness (QED) is 0.755. The van der Waals surface area contributed by atoms with Crippen LogP contribution in [0, 0.1) is 0 Å². The molecule has 138 valence electrons. The van der Waals surface area contributed by atoms with Crippen LogP contribution in [-0.4, -0.2) is 54.3 Å². The molecule has 4 heterocycles. The molecule has 6 heteroatoms. The number of morpholine rings is 1. The minimum absolute atomic E-state index is 0.731. The molecule has 27 heavy (non-hydrogen) atoms. The number of nitrogens with zero attached hydrogens (tertiary/aromatic N) is 4. The van der Waals surface area contributed by atoms with E-state index in [4.69, 9.17) is 14.7 Å². The van der Waals surface area contributed by atoms with Gasteiger partial charge < -0.3 is 15.0 Å². The van der Waals surface area contributed by atoms with E-state index >= 15 is 0 Å². The van der Waals surface area contributed by atoms with Gasteiger partial charge in [-0.15, -0.1) is 0 Å². The normalized spacial score (nSPS) is 17.6. The molecule has 1 aromatic carbocycles. The van der Waals surface area contributed by atoms with Crippen LogP contribution < -0.4 is 10.2 Å². The molecule has 5 rings (SSSR count). The summed E-state index contributed by atoms with van der Waals surface area (Å²) < 4.78 is 5.50. The largest absolute Gasteiger partial charge is 0.378 e. The molecule has 1 fully saturated rings. The average molecular weight is 361 g/mol. The zero-order chi connectivity index (χ0) is 18.1. The Morgan fingerprint density at radius 1 is 1.00 bits per heavy atom. The highest BCUT2D eigenvalue weighted by molar-refractivity contribution is 5.83. The van der Waals surface area contributed by atoms with E-state index in [1.807, 2.05) is 18.3 Å². The van der Waals surface area contributed by atoms with Crippen molar-refractivity contribution in [3.63, 3.8) is 0 Å². The van der Waals surface area contributed by atoms with Crippen LogP contribution in [-0.2, 0) is 17.6 Å². The number of ether oxygens (including phenoxy) is 1. The van der Waals surface area contributed by atoms with Crippen LogP contribution >= 0.6 is 0 Å². The monoisotopic (exact) mass is 361 g/mol. The van der Waals surface area contributed by atoms with Crippen LogP contribution in [0.2, 0.25) is 0 Å². The molecule has 2 aliphatic heterocycles. The number of nitrogens with one attached hydrogen (secondary N) is 1. The van der Waals surface area contributed by atoms with Gasteiger partial charge in [0, 0.05) is 48.8 Å². The van der Waals surface area contributed by atoms with Crippen molar-refractivity contribution in [1.82, 2.24) is 20.3 Å². The summed E-state index contributed by atoms with van der Waals surface area (Å²) >= 11 is 0. The smallest absolute Gasteiger partial charge is 0.226 e. The fourth-order valence-corrected chi connectivity index (χ4v) is 3.88. The number of para-hydroxylation sites is 1. The summed E-state index contributed by atoms with van der Waals surface area (Å²) in [5.74, 6) is 0.821. The SMILES string of the molecule is c1ccc2ncc(-c3nc(N4CCOCC4)nc4c3CCNCC4)cc2c1. The molecular formula is C21H23N5O. The Bertz CT molecular complexity index is 968. The van der Waals surface area contributed by atoms with Crippen molar-refractivity contribution in [2.75, 3.05) is 44.3 Å². The number of anilines is 1. The van der Waals surface area contributed by atoms with E-state index in [9.17, 15) is 0 Å². The van der Waals surface area contributed by atoms with Crippen LogP contribution in [0.4, 0.5) is 5.95 Å². The minimum atomic E-state index is 0.731. The molecule has 0 unspecified atom stereocenters. The summed E-state index contributed by atoms with van der Waals surface area (Å²) in [5.41, 5.74) is 5.54. The second kappa shape index (κ2) is 7.21. The fourth-order valence-electron chi connectivity index (χ4n) is 3.88. The molecule has 0 bridgehead atoms. The molecule has 0 saturated carbocycles. The molecule has 0 aliphatic carbocycles. The summed E-state index contributed by atoms with van der Waals surface area (Å²) in [6.45, 7) is 5.06. The van der Waals surface area contributed by atoms with Gasteiger partial charge in [0.25, 0.3) is 0 Å². The van der Waals surface area contributed by atoms with Crippen molar-refractivity contribution in [1.29, 1.82) is 0 Å². The molecule has 3 aromatic rings. The lowest BCUT2D eigenvalue weighted by atomic mass is 10.0. The van der Waals surface area contributed by atoms with Gasteiger partial charge in [0.1, 0.15) is 0 Å². The number of pyridine rings is 1. The van der Waals surface area contributed by atoms with Gasteiger partial charge in [-0.05, 0) is 25.1 Å². The topological polar surface area (TPSA) is 63.2 Å². The Labute approximate surface area is 158 Å². The highest BCUT2D eigenvalue weighted by Crippen LogP contribution is 2.29. The van der Waals surface area contributed by atoms with Crippen molar-refractivity contribution < 1.29 is 4.74 Å². The number of fused-ring (bicyclic) bond motifs is 2. The molecule has 1 saturated heterocycles. The molecule has 2 aliphatic rings. The van der Waals surface area contributed by atoms with Crippen LogP contribution in [0.15, 0.2) is 36.5 Å². The number of aromatic nitrogens is 3. The van der Waals surface area contributed by atoms with E-state index in [-0.39, 0.29) is 0 Å². The first-order valence-corrected chi connectivity index (χ1v) is 9.67. The third-order valence-electron chi connectivity index (χ3n) is 5.33. The van der Waals surface area contributed by atoms with Gasteiger partial charge in [-0.3, -0.25) is 4.98 Å². The van der Waals surface area contributed by atoms with E-state index in [1.54, 1.807) is 0 Å². The first kappa shape index (κ1) is 16.6. The lowest BCUT2D eigenvalue weighted by molar-refractivity contribution is 0.122. The number of hydrogen-bond donors (Lipinski definition) is 1. The van der Waals surface area contributed by atoms with E-state index in [2.05, 4.69) is 33.4 Å². The zero-order valence-electron chi connectivity index (χ0n) is 15.3. The maximum atomic E-state index is 5.50. The zero-order valence-corrected chi connectivity index (χ0v) is 15.3. The van der Waals surface area contributed by atoms with E-state index < -0.39 is 0 Å². The van der Waals surface area contributed by atoms with Crippen LogP contribution in [0.5, 0.6) is 0 Å². The van der Waals surface area contributed by atoms with E-state index in [0.29, 0.717) is 0 Å². The van der Waals surface area contributed by atoms with Gasteiger partial charge >= 0.3 is 0 Å². The average Bonchev–Trinajstić information content (AvgIpc) is 2.99.